The van der Waals surface area contributed by atoms with Crippen LogP contribution in [0.4, 0.5) is 5.69 Å². The van der Waals surface area contributed by atoms with Crippen LogP contribution in [0, 0.1) is 6.92 Å². The van der Waals surface area contributed by atoms with Gasteiger partial charge in [0, 0.05) is 22.7 Å². The van der Waals surface area contributed by atoms with Crippen LogP contribution in [0.25, 0.3) is 0 Å². The maximum atomic E-state index is 12.5. The van der Waals surface area contributed by atoms with Crippen molar-refractivity contribution in [2.45, 2.75) is 18.6 Å². The van der Waals surface area contributed by atoms with E-state index in [1.54, 1.807) is 30.3 Å². The Balaban J connectivity index is 1.63. The fraction of sp³-hybridized carbons (Fsp3) is 0.158. The van der Waals surface area contributed by atoms with Crippen molar-refractivity contribution < 1.29 is 14.4 Å². The summed E-state index contributed by atoms with van der Waals surface area (Å²) in [6.45, 7) is 1.92. The van der Waals surface area contributed by atoms with Gasteiger partial charge in [-0.2, -0.15) is 0 Å². The first-order chi connectivity index (χ1) is 13.4. The zero-order valence-corrected chi connectivity index (χ0v) is 16.4. The Morgan fingerprint density at radius 2 is 1.96 bits per heavy atom. The molecule has 144 valence electrons. The predicted octanol–water partition coefficient (Wildman–Crippen LogP) is 2.91. The topological polar surface area (TPSA) is 99.7 Å². The van der Waals surface area contributed by atoms with Gasteiger partial charge in [0.15, 0.2) is 5.17 Å². The van der Waals surface area contributed by atoms with E-state index in [4.69, 9.17) is 11.6 Å². The quantitative estimate of drug-likeness (QED) is 0.667. The number of hydrogen-bond acceptors (Lipinski definition) is 5. The number of hydrogen-bond donors (Lipinski definition) is 3. The summed E-state index contributed by atoms with van der Waals surface area (Å²) in [5.41, 5.74) is 4.41. The number of amides is 3. The Hall–Kier alpha value is -2.84. The van der Waals surface area contributed by atoms with Gasteiger partial charge in [-0.3, -0.25) is 14.4 Å². The third-order valence-electron chi connectivity index (χ3n) is 3.81. The molecule has 0 radical (unpaired) electrons. The maximum Gasteiger partial charge on any atom is 0.271 e. The molecule has 1 aliphatic heterocycles. The summed E-state index contributed by atoms with van der Waals surface area (Å²) in [5, 5.41) is 9.28. The van der Waals surface area contributed by atoms with E-state index in [0.717, 1.165) is 17.3 Å². The summed E-state index contributed by atoms with van der Waals surface area (Å²) in [7, 11) is 0. The third kappa shape index (κ3) is 5.34. The van der Waals surface area contributed by atoms with Gasteiger partial charge in [0.25, 0.3) is 5.91 Å². The van der Waals surface area contributed by atoms with Gasteiger partial charge in [0.1, 0.15) is 5.25 Å². The van der Waals surface area contributed by atoms with E-state index in [9.17, 15) is 14.4 Å². The molecule has 3 N–H and O–H groups in total. The lowest BCUT2D eigenvalue weighted by Crippen LogP contribution is -2.42. The van der Waals surface area contributed by atoms with Crippen LogP contribution in [-0.2, 0) is 9.59 Å². The van der Waals surface area contributed by atoms with Crippen molar-refractivity contribution in [1.82, 2.24) is 10.7 Å². The molecule has 2 aromatic rings. The molecule has 3 amide bonds. The molecule has 0 aliphatic carbocycles. The standard InChI is InChI=1S/C19H17ClN4O3S/c1-11-3-2-4-14(9-11)21-18(27)15-10-16(25)22-19(28-15)24-23-17(26)12-5-7-13(20)8-6-12/h2-9,15H,10H2,1H3,(H,21,27)(H,23,26)(H,22,24,25). The predicted molar refractivity (Wildman–Crippen MR) is 110 cm³/mol. The number of amidine groups is 1. The van der Waals surface area contributed by atoms with E-state index in [-0.39, 0.29) is 23.4 Å². The second kappa shape index (κ2) is 8.90. The van der Waals surface area contributed by atoms with Crippen LogP contribution in [-0.4, -0.2) is 28.1 Å². The largest absolute Gasteiger partial charge is 0.325 e. The summed E-state index contributed by atoms with van der Waals surface area (Å²) in [6.07, 6.45) is 0.0203. The zero-order chi connectivity index (χ0) is 20.1. The summed E-state index contributed by atoms with van der Waals surface area (Å²) >= 11 is 6.87. The van der Waals surface area contributed by atoms with Crippen LogP contribution in [0.1, 0.15) is 22.3 Å². The van der Waals surface area contributed by atoms with Gasteiger partial charge in [-0.1, -0.05) is 35.5 Å². The number of nitrogens with zero attached hydrogens (tertiary/aromatic N) is 1. The summed E-state index contributed by atoms with van der Waals surface area (Å²) < 4.78 is 0. The lowest BCUT2D eigenvalue weighted by molar-refractivity contribution is -0.123. The number of thioether (sulfide) groups is 1. The van der Waals surface area contributed by atoms with Crippen molar-refractivity contribution >= 4 is 51.9 Å². The summed E-state index contributed by atoms with van der Waals surface area (Å²) in [6, 6.07) is 13.7. The van der Waals surface area contributed by atoms with E-state index < -0.39 is 11.2 Å². The molecular weight excluding hydrogens is 400 g/mol. The molecule has 1 saturated heterocycles. The first kappa shape index (κ1) is 19.9. The number of nitrogens with one attached hydrogen (secondary N) is 3. The minimum absolute atomic E-state index is 0.0203. The first-order valence-corrected chi connectivity index (χ1v) is 9.64. The second-order valence-electron chi connectivity index (χ2n) is 6.08. The normalized spacial score (nSPS) is 17.7. The minimum atomic E-state index is -0.652. The lowest BCUT2D eigenvalue weighted by atomic mass is 10.2. The van der Waals surface area contributed by atoms with Crippen LogP contribution >= 0.6 is 23.4 Å². The molecule has 0 spiro atoms. The number of carbonyl (C=O) groups is 3. The van der Waals surface area contributed by atoms with E-state index in [1.165, 1.54) is 0 Å². The van der Waals surface area contributed by atoms with Gasteiger partial charge >= 0.3 is 0 Å². The smallest absolute Gasteiger partial charge is 0.271 e. The number of anilines is 1. The van der Waals surface area contributed by atoms with E-state index in [2.05, 4.69) is 21.2 Å². The van der Waals surface area contributed by atoms with Gasteiger partial charge in [-0.25, -0.2) is 5.43 Å². The SMILES string of the molecule is Cc1cccc(NC(=O)C2CC(=O)N/C(=N\NC(=O)c3ccc(Cl)cc3)S2)c1. The average molecular weight is 417 g/mol. The number of hydrazone groups is 1. The molecule has 9 heteroatoms. The van der Waals surface area contributed by atoms with E-state index in [0.29, 0.717) is 16.3 Å². The molecule has 1 atom stereocenters. The Morgan fingerprint density at radius 3 is 2.68 bits per heavy atom. The molecule has 3 rings (SSSR count). The summed E-state index contributed by atoms with van der Waals surface area (Å²) in [4.78, 5) is 36.5. The van der Waals surface area contributed by atoms with Crippen molar-refractivity contribution in [2.24, 2.45) is 5.10 Å². The molecule has 2 aromatic carbocycles. The highest BCUT2D eigenvalue weighted by Crippen LogP contribution is 2.22. The van der Waals surface area contributed by atoms with Crippen LogP contribution in [0.2, 0.25) is 5.02 Å². The first-order valence-electron chi connectivity index (χ1n) is 8.38. The number of benzene rings is 2. The van der Waals surface area contributed by atoms with E-state index in [1.807, 2.05) is 25.1 Å². The Morgan fingerprint density at radius 1 is 1.21 bits per heavy atom. The Kier molecular flexibility index (Phi) is 6.33. The molecule has 7 nitrogen and oxygen atoms in total. The van der Waals surface area contributed by atoms with Crippen LogP contribution in [0.5, 0.6) is 0 Å². The molecule has 1 aliphatic rings. The highest BCUT2D eigenvalue weighted by atomic mass is 35.5. The molecule has 1 fully saturated rings. The van der Waals surface area contributed by atoms with Gasteiger partial charge < -0.3 is 10.6 Å². The lowest BCUT2D eigenvalue weighted by Gasteiger charge is -2.22. The van der Waals surface area contributed by atoms with Gasteiger partial charge in [-0.05, 0) is 48.9 Å². The third-order valence-corrected chi connectivity index (χ3v) is 5.15. The minimum Gasteiger partial charge on any atom is -0.325 e. The van der Waals surface area contributed by atoms with Crippen molar-refractivity contribution in [3.05, 3.63) is 64.7 Å². The highest BCUT2D eigenvalue weighted by molar-refractivity contribution is 8.15. The monoisotopic (exact) mass is 416 g/mol. The fourth-order valence-corrected chi connectivity index (χ4v) is 3.53. The zero-order valence-electron chi connectivity index (χ0n) is 14.9. The van der Waals surface area contributed by atoms with Crippen LogP contribution in [0.15, 0.2) is 53.6 Å². The number of halogens is 1. The van der Waals surface area contributed by atoms with Crippen molar-refractivity contribution in [1.29, 1.82) is 0 Å². The Labute approximate surface area is 170 Å². The molecule has 0 bridgehead atoms. The maximum absolute atomic E-state index is 12.5. The second-order valence-corrected chi connectivity index (χ2v) is 7.71. The Bertz CT molecular complexity index is 946. The van der Waals surface area contributed by atoms with Crippen molar-refractivity contribution in [2.75, 3.05) is 5.32 Å². The molecule has 1 heterocycles. The average Bonchev–Trinajstić information content (AvgIpc) is 2.66. The number of rotatable bonds is 4. The number of aryl methyl sites for hydroxylation is 1. The van der Waals surface area contributed by atoms with Gasteiger partial charge in [-0.15, -0.1) is 5.10 Å². The van der Waals surface area contributed by atoms with Crippen molar-refractivity contribution in [3.63, 3.8) is 0 Å². The molecule has 28 heavy (non-hydrogen) atoms. The van der Waals surface area contributed by atoms with Gasteiger partial charge in [0.2, 0.25) is 11.8 Å². The van der Waals surface area contributed by atoms with Crippen LogP contribution in [0.3, 0.4) is 0 Å². The number of carbonyl (C=O) groups excluding carboxylic acids is 3. The van der Waals surface area contributed by atoms with Crippen molar-refractivity contribution in [3.8, 4) is 0 Å². The molecule has 0 saturated carbocycles. The van der Waals surface area contributed by atoms with Crippen LogP contribution < -0.4 is 16.1 Å². The van der Waals surface area contributed by atoms with Gasteiger partial charge in [0.05, 0.1) is 0 Å². The van der Waals surface area contributed by atoms with E-state index >= 15 is 0 Å². The molecule has 0 aromatic heterocycles. The summed E-state index contributed by atoms with van der Waals surface area (Å²) in [5.74, 6) is -1.10. The highest BCUT2D eigenvalue weighted by Gasteiger charge is 2.30. The fourth-order valence-electron chi connectivity index (χ4n) is 2.46. The molecular formula is C19H17ClN4O3S. The molecule has 1 unspecified atom stereocenters.